The SMILES string of the molecule is CNC(=O)CSCC(=O)NCCN1C[C@@H](OC)CC1=O. The first kappa shape index (κ1) is 16.8. The third kappa shape index (κ3) is 5.79. The van der Waals surface area contributed by atoms with Crippen molar-refractivity contribution in [2.75, 3.05) is 45.3 Å². The fourth-order valence-electron chi connectivity index (χ4n) is 1.80. The van der Waals surface area contributed by atoms with E-state index in [2.05, 4.69) is 10.6 Å². The number of nitrogens with one attached hydrogen (secondary N) is 2. The summed E-state index contributed by atoms with van der Waals surface area (Å²) in [4.78, 5) is 35.7. The van der Waals surface area contributed by atoms with Gasteiger partial charge in [0.15, 0.2) is 0 Å². The van der Waals surface area contributed by atoms with Crippen molar-refractivity contribution in [3.05, 3.63) is 0 Å². The Morgan fingerprint density at radius 2 is 2.10 bits per heavy atom. The highest BCUT2D eigenvalue weighted by molar-refractivity contribution is 8.00. The predicted molar refractivity (Wildman–Crippen MR) is 76.4 cm³/mol. The summed E-state index contributed by atoms with van der Waals surface area (Å²) in [7, 11) is 3.15. The van der Waals surface area contributed by atoms with E-state index in [0.717, 1.165) is 0 Å². The van der Waals surface area contributed by atoms with E-state index in [1.807, 2.05) is 0 Å². The molecule has 0 unspecified atom stereocenters. The Kier molecular flexibility index (Phi) is 7.38. The molecule has 1 rings (SSSR count). The number of methoxy groups -OCH3 is 1. The van der Waals surface area contributed by atoms with Crippen LogP contribution >= 0.6 is 11.8 Å². The maximum absolute atomic E-state index is 11.6. The van der Waals surface area contributed by atoms with E-state index in [4.69, 9.17) is 4.74 Å². The first-order chi connectivity index (χ1) is 9.56. The van der Waals surface area contributed by atoms with E-state index in [-0.39, 0.29) is 35.3 Å². The van der Waals surface area contributed by atoms with E-state index in [9.17, 15) is 14.4 Å². The van der Waals surface area contributed by atoms with Crippen molar-refractivity contribution in [3.63, 3.8) is 0 Å². The van der Waals surface area contributed by atoms with E-state index >= 15 is 0 Å². The summed E-state index contributed by atoms with van der Waals surface area (Å²) >= 11 is 1.26. The van der Waals surface area contributed by atoms with Gasteiger partial charge in [0.2, 0.25) is 17.7 Å². The monoisotopic (exact) mass is 303 g/mol. The number of thioether (sulfide) groups is 1. The zero-order chi connectivity index (χ0) is 15.0. The highest BCUT2D eigenvalue weighted by Crippen LogP contribution is 2.12. The molecule has 1 heterocycles. The number of carbonyl (C=O) groups excluding carboxylic acids is 3. The van der Waals surface area contributed by atoms with Crippen LogP contribution in [-0.2, 0) is 19.1 Å². The van der Waals surface area contributed by atoms with Crippen LogP contribution in [0.2, 0.25) is 0 Å². The second kappa shape index (κ2) is 8.80. The van der Waals surface area contributed by atoms with Crippen LogP contribution in [-0.4, -0.2) is 74.0 Å². The number of carbonyl (C=O) groups is 3. The summed E-state index contributed by atoms with van der Waals surface area (Å²) in [5, 5.41) is 5.21. The molecule has 0 aromatic carbocycles. The second-order valence-electron chi connectivity index (χ2n) is 4.42. The van der Waals surface area contributed by atoms with Gasteiger partial charge in [-0.2, -0.15) is 0 Å². The smallest absolute Gasteiger partial charge is 0.230 e. The molecule has 0 radical (unpaired) electrons. The Morgan fingerprint density at radius 1 is 1.40 bits per heavy atom. The van der Waals surface area contributed by atoms with Gasteiger partial charge in [-0.1, -0.05) is 0 Å². The van der Waals surface area contributed by atoms with Gasteiger partial charge in [0, 0.05) is 33.8 Å². The Labute approximate surface area is 122 Å². The van der Waals surface area contributed by atoms with Crippen molar-refractivity contribution in [1.29, 1.82) is 0 Å². The van der Waals surface area contributed by atoms with Crippen LogP contribution < -0.4 is 10.6 Å². The average molecular weight is 303 g/mol. The molecule has 0 aliphatic carbocycles. The van der Waals surface area contributed by atoms with Gasteiger partial charge in [-0.3, -0.25) is 14.4 Å². The van der Waals surface area contributed by atoms with Crippen LogP contribution in [0.25, 0.3) is 0 Å². The van der Waals surface area contributed by atoms with Crippen LogP contribution in [0.1, 0.15) is 6.42 Å². The molecule has 7 nitrogen and oxygen atoms in total. The molecule has 2 N–H and O–H groups in total. The van der Waals surface area contributed by atoms with E-state index in [1.165, 1.54) is 11.8 Å². The van der Waals surface area contributed by atoms with Gasteiger partial charge < -0.3 is 20.3 Å². The van der Waals surface area contributed by atoms with Gasteiger partial charge in [-0.25, -0.2) is 0 Å². The molecule has 20 heavy (non-hydrogen) atoms. The summed E-state index contributed by atoms with van der Waals surface area (Å²) in [6, 6.07) is 0. The van der Waals surface area contributed by atoms with Gasteiger partial charge in [0.05, 0.1) is 24.0 Å². The van der Waals surface area contributed by atoms with E-state index in [0.29, 0.717) is 26.1 Å². The summed E-state index contributed by atoms with van der Waals surface area (Å²) in [5.74, 6) is 0.330. The third-order valence-corrected chi connectivity index (χ3v) is 3.89. The molecule has 114 valence electrons. The molecular weight excluding hydrogens is 282 g/mol. The van der Waals surface area contributed by atoms with Crippen LogP contribution in [0.5, 0.6) is 0 Å². The molecule has 1 saturated heterocycles. The number of likely N-dealkylation sites (tertiary alicyclic amines) is 1. The quantitative estimate of drug-likeness (QED) is 0.590. The van der Waals surface area contributed by atoms with Crippen LogP contribution in [0, 0.1) is 0 Å². The lowest BCUT2D eigenvalue weighted by molar-refractivity contribution is -0.128. The molecule has 0 spiro atoms. The lowest BCUT2D eigenvalue weighted by Gasteiger charge is -2.16. The zero-order valence-electron chi connectivity index (χ0n) is 11.8. The lowest BCUT2D eigenvalue weighted by atomic mass is 10.3. The minimum absolute atomic E-state index is 0.0405. The maximum atomic E-state index is 11.6. The molecule has 0 bridgehead atoms. The van der Waals surface area contributed by atoms with Gasteiger partial charge in [-0.05, 0) is 0 Å². The van der Waals surface area contributed by atoms with Crippen molar-refractivity contribution in [2.24, 2.45) is 0 Å². The molecule has 8 heteroatoms. The third-order valence-electron chi connectivity index (χ3n) is 2.96. The Hall–Kier alpha value is -1.28. The number of ether oxygens (including phenoxy) is 1. The Bertz CT molecular complexity index is 365. The van der Waals surface area contributed by atoms with Crippen LogP contribution in [0.4, 0.5) is 0 Å². The number of hydrogen-bond acceptors (Lipinski definition) is 5. The Balaban J connectivity index is 2.10. The summed E-state index contributed by atoms with van der Waals surface area (Å²) < 4.78 is 5.13. The van der Waals surface area contributed by atoms with Crippen molar-refractivity contribution < 1.29 is 19.1 Å². The van der Waals surface area contributed by atoms with Gasteiger partial charge in [0.25, 0.3) is 0 Å². The number of hydrogen-bond donors (Lipinski definition) is 2. The lowest BCUT2D eigenvalue weighted by Crippen LogP contribution is -2.37. The topological polar surface area (TPSA) is 87.7 Å². The standard InChI is InChI=1S/C12H21N3O4S/c1-13-10(16)7-20-8-11(17)14-3-4-15-6-9(19-2)5-12(15)18/h9H,3-8H2,1-2H3,(H,13,16)(H,14,17)/t9-/m0/s1. The molecule has 0 saturated carbocycles. The number of amides is 3. The summed E-state index contributed by atoms with van der Waals surface area (Å²) in [5.41, 5.74) is 0. The molecule has 1 atom stereocenters. The zero-order valence-corrected chi connectivity index (χ0v) is 12.6. The first-order valence-electron chi connectivity index (χ1n) is 6.42. The van der Waals surface area contributed by atoms with Gasteiger partial charge in [-0.15, -0.1) is 11.8 Å². The minimum Gasteiger partial charge on any atom is -0.379 e. The summed E-state index contributed by atoms with van der Waals surface area (Å²) in [6.07, 6.45) is 0.369. The van der Waals surface area contributed by atoms with Crippen molar-refractivity contribution in [2.45, 2.75) is 12.5 Å². The van der Waals surface area contributed by atoms with Crippen molar-refractivity contribution >= 4 is 29.5 Å². The van der Waals surface area contributed by atoms with E-state index in [1.54, 1.807) is 19.1 Å². The van der Waals surface area contributed by atoms with Crippen LogP contribution in [0.15, 0.2) is 0 Å². The predicted octanol–water partition coefficient (Wildman–Crippen LogP) is -1.17. The largest absolute Gasteiger partial charge is 0.379 e. The highest BCUT2D eigenvalue weighted by atomic mass is 32.2. The minimum atomic E-state index is -0.131. The number of rotatable bonds is 8. The Morgan fingerprint density at radius 3 is 2.70 bits per heavy atom. The normalized spacial score (nSPS) is 18.2. The molecule has 1 aliphatic rings. The van der Waals surface area contributed by atoms with Crippen molar-refractivity contribution in [1.82, 2.24) is 15.5 Å². The fourth-order valence-corrected chi connectivity index (χ4v) is 2.52. The van der Waals surface area contributed by atoms with Gasteiger partial charge in [0.1, 0.15) is 0 Å². The molecule has 0 aromatic heterocycles. The molecule has 3 amide bonds. The second-order valence-corrected chi connectivity index (χ2v) is 5.40. The van der Waals surface area contributed by atoms with Gasteiger partial charge >= 0.3 is 0 Å². The fraction of sp³-hybridized carbons (Fsp3) is 0.750. The molecule has 1 fully saturated rings. The molecule has 1 aliphatic heterocycles. The number of nitrogens with zero attached hydrogens (tertiary/aromatic N) is 1. The van der Waals surface area contributed by atoms with Crippen LogP contribution in [0.3, 0.4) is 0 Å². The molecule has 0 aromatic rings. The first-order valence-corrected chi connectivity index (χ1v) is 7.58. The molecular formula is C12H21N3O4S. The van der Waals surface area contributed by atoms with E-state index < -0.39 is 0 Å². The van der Waals surface area contributed by atoms with Crippen molar-refractivity contribution in [3.8, 4) is 0 Å². The maximum Gasteiger partial charge on any atom is 0.230 e. The summed E-state index contributed by atoms with van der Waals surface area (Å²) in [6.45, 7) is 1.49. The average Bonchev–Trinajstić information content (AvgIpc) is 2.79. The highest BCUT2D eigenvalue weighted by Gasteiger charge is 2.28.